The van der Waals surface area contributed by atoms with E-state index in [1.165, 1.54) is 0 Å². The van der Waals surface area contributed by atoms with Gasteiger partial charge in [0.25, 0.3) is 6.47 Å². The molecule has 0 saturated carbocycles. The van der Waals surface area contributed by atoms with Crippen LogP contribution in [0.3, 0.4) is 0 Å². The Hall–Kier alpha value is -0.610. The Kier molecular flexibility index (Phi) is 2.46. The fraction of sp³-hybridized carbons (Fsp3) is 0.714. The number of hydrogen-bond acceptors (Lipinski definition) is 4. The van der Waals surface area contributed by atoms with E-state index in [0.29, 0.717) is 25.8 Å². The molecule has 0 aromatic heterocycles. The smallest absolute Gasteiger partial charge is 0.293 e. The van der Waals surface area contributed by atoms with Gasteiger partial charge in [-0.3, -0.25) is 4.79 Å². The Balaban J connectivity index is 2.30. The highest BCUT2D eigenvalue weighted by Crippen LogP contribution is 2.21. The highest BCUT2D eigenvalue weighted by atomic mass is 16.7. The number of carbonyl (C=O) groups excluding carboxylic acids is 1. The molecule has 63 valence electrons. The van der Waals surface area contributed by atoms with Crippen molar-refractivity contribution in [2.75, 3.05) is 13.2 Å². The van der Waals surface area contributed by atoms with Crippen molar-refractivity contribution in [2.45, 2.75) is 19.6 Å². The van der Waals surface area contributed by atoms with Crippen LogP contribution in [0.4, 0.5) is 0 Å². The molecular formula is C7H11O4. The molecule has 0 bridgehead atoms. The van der Waals surface area contributed by atoms with Gasteiger partial charge in [0.15, 0.2) is 5.79 Å². The Labute approximate surface area is 65.4 Å². The summed E-state index contributed by atoms with van der Waals surface area (Å²) in [5.41, 5.74) is 0. The molecule has 1 aliphatic heterocycles. The van der Waals surface area contributed by atoms with Crippen molar-refractivity contribution in [1.29, 1.82) is 0 Å². The van der Waals surface area contributed by atoms with Gasteiger partial charge in [-0.25, -0.2) is 0 Å². The van der Waals surface area contributed by atoms with E-state index in [4.69, 9.17) is 9.47 Å². The molecule has 4 heteroatoms. The van der Waals surface area contributed by atoms with Crippen LogP contribution in [0, 0.1) is 6.10 Å². The largest absolute Gasteiger partial charge is 0.452 e. The summed E-state index contributed by atoms with van der Waals surface area (Å²) in [5.74, 6) is -0.560. The predicted octanol–water partition coefficient (Wildman–Crippen LogP) is 0.474. The number of ether oxygens (including phenoxy) is 3. The molecule has 1 fully saturated rings. The van der Waals surface area contributed by atoms with E-state index in [1.54, 1.807) is 0 Å². The van der Waals surface area contributed by atoms with Gasteiger partial charge in [0.2, 0.25) is 6.10 Å². The third-order valence-electron chi connectivity index (χ3n) is 1.38. The lowest BCUT2D eigenvalue weighted by molar-refractivity contribution is -0.251. The van der Waals surface area contributed by atoms with Crippen LogP contribution in [0.5, 0.6) is 0 Å². The molecule has 0 aromatic rings. The van der Waals surface area contributed by atoms with E-state index in [1.807, 2.05) is 13.8 Å². The molecule has 1 aliphatic rings. The molecule has 0 aromatic carbocycles. The summed E-state index contributed by atoms with van der Waals surface area (Å²) in [6, 6.07) is 0. The van der Waals surface area contributed by atoms with Gasteiger partial charge >= 0.3 is 0 Å². The van der Waals surface area contributed by atoms with Crippen molar-refractivity contribution >= 4 is 6.47 Å². The van der Waals surface area contributed by atoms with E-state index >= 15 is 0 Å². The first-order valence-electron chi connectivity index (χ1n) is 3.37. The normalized spacial score (nSPS) is 24.5. The number of hydrogen-bond donors (Lipinski definition) is 0. The van der Waals surface area contributed by atoms with Crippen molar-refractivity contribution < 1.29 is 19.0 Å². The van der Waals surface area contributed by atoms with E-state index in [0.717, 1.165) is 0 Å². The molecule has 0 amide bonds. The third-order valence-corrected chi connectivity index (χ3v) is 1.38. The molecular weight excluding hydrogens is 148 g/mol. The molecule has 0 atom stereocenters. The minimum atomic E-state index is -0.560. The molecule has 0 spiro atoms. The van der Waals surface area contributed by atoms with Crippen molar-refractivity contribution in [3.05, 3.63) is 6.10 Å². The van der Waals surface area contributed by atoms with Gasteiger partial charge in [0, 0.05) is 0 Å². The maximum atomic E-state index is 9.88. The monoisotopic (exact) mass is 159 g/mol. The van der Waals surface area contributed by atoms with Crippen LogP contribution < -0.4 is 0 Å². The van der Waals surface area contributed by atoms with Crippen molar-refractivity contribution in [1.82, 2.24) is 0 Å². The lowest BCUT2D eigenvalue weighted by Crippen LogP contribution is -2.39. The standard InChI is InChI=1S/C7H11O4/c1-7(2)10-3-6(4-11-7)9-5-8/h5H,3-4H2,1-2H3. The number of rotatable bonds is 2. The summed E-state index contributed by atoms with van der Waals surface area (Å²) in [6.07, 6.45) is 0.513. The molecule has 1 radical (unpaired) electrons. The first kappa shape index (κ1) is 8.49. The first-order chi connectivity index (χ1) is 5.14. The zero-order valence-electron chi connectivity index (χ0n) is 6.62. The van der Waals surface area contributed by atoms with Crippen molar-refractivity contribution in [3.8, 4) is 0 Å². The summed E-state index contributed by atoms with van der Waals surface area (Å²) >= 11 is 0. The van der Waals surface area contributed by atoms with Crippen LogP contribution in [0.15, 0.2) is 0 Å². The topological polar surface area (TPSA) is 44.8 Å². The zero-order chi connectivity index (χ0) is 8.32. The van der Waals surface area contributed by atoms with Crippen LogP contribution in [0.25, 0.3) is 0 Å². The first-order valence-corrected chi connectivity index (χ1v) is 3.37. The summed E-state index contributed by atoms with van der Waals surface area (Å²) < 4.78 is 14.9. The van der Waals surface area contributed by atoms with Gasteiger partial charge in [0.1, 0.15) is 0 Å². The Morgan fingerprint density at radius 2 is 2.00 bits per heavy atom. The molecule has 4 nitrogen and oxygen atoms in total. The van der Waals surface area contributed by atoms with Gasteiger partial charge in [-0.05, 0) is 13.8 Å². The highest BCUT2D eigenvalue weighted by molar-refractivity contribution is 5.39. The maximum Gasteiger partial charge on any atom is 0.293 e. The van der Waals surface area contributed by atoms with Crippen LogP contribution in [0.2, 0.25) is 0 Å². The average Bonchev–Trinajstić information content (AvgIpc) is 1.94. The van der Waals surface area contributed by atoms with E-state index in [-0.39, 0.29) is 0 Å². The van der Waals surface area contributed by atoms with E-state index in [9.17, 15) is 4.79 Å². The minimum absolute atomic E-state index is 0.325. The van der Waals surface area contributed by atoms with Crippen LogP contribution >= 0.6 is 0 Å². The molecule has 11 heavy (non-hydrogen) atoms. The third kappa shape index (κ3) is 2.48. The van der Waals surface area contributed by atoms with Crippen LogP contribution in [0.1, 0.15) is 13.8 Å². The van der Waals surface area contributed by atoms with E-state index < -0.39 is 5.79 Å². The Morgan fingerprint density at radius 1 is 1.45 bits per heavy atom. The Bertz CT molecular complexity index is 133. The lowest BCUT2D eigenvalue weighted by atomic mass is 10.3. The van der Waals surface area contributed by atoms with Gasteiger partial charge in [-0.15, -0.1) is 0 Å². The highest BCUT2D eigenvalue weighted by Gasteiger charge is 2.29. The van der Waals surface area contributed by atoms with Crippen molar-refractivity contribution in [3.63, 3.8) is 0 Å². The van der Waals surface area contributed by atoms with Crippen LogP contribution in [-0.2, 0) is 19.0 Å². The molecule has 0 aliphatic carbocycles. The van der Waals surface area contributed by atoms with Gasteiger partial charge in [-0.2, -0.15) is 0 Å². The average molecular weight is 159 g/mol. The van der Waals surface area contributed by atoms with E-state index in [2.05, 4.69) is 4.74 Å². The molecule has 0 N–H and O–H groups in total. The van der Waals surface area contributed by atoms with Crippen molar-refractivity contribution in [2.24, 2.45) is 0 Å². The van der Waals surface area contributed by atoms with Crippen LogP contribution in [-0.4, -0.2) is 25.5 Å². The second-order valence-electron chi connectivity index (χ2n) is 2.73. The lowest BCUT2D eigenvalue weighted by Gasteiger charge is -2.32. The summed E-state index contributed by atoms with van der Waals surface area (Å²) in [5, 5.41) is 0. The predicted molar refractivity (Wildman–Crippen MR) is 36.4 cm³/mol. The fourth-order valence-corrected chi connectivity index (χ4v) is 0.728. The summed E-state index contributed by atoms with van der Waals surface area (Å²) in [4.78, 5) is 9.88. The maximum absolute atomic E-state index is 9.88. The number of carbonyl (C=O) groups is 1. The van der Waals surface area contributed by atoms with Gasteiger partial charge < -0.3 is 14.2 Å². The zero-order valence-corrected chi connectivity index (χ0v) is 6.62. The summed E-state index contributed by atoms with van der Waals surface area (Å²) in [7, 11) is 0. The Morgan fingerprint density at radius 3 is 2.45 bits per heavy atom. The molecule has 1 rings (SSSR count). The molecule has 1 saturated heterocycles. The molecule has 1 heterocycles. The second-order valence-corrected chi connectivity index (χ2v) is 2.73. The molecule has 0 unspecified atom stereocenters. The quantitative estimate of drug-likeness (QED) is 0.549. The minimum Gasteiger partial charge on any atom is -0.452 e. The second kappa shape index (κ2) is 3.19. The van der Waals surface area contributed by atoms with Gasteiger partial charge in [-0.1, -0.05) is 0 Å². The fourth-order valence-electron chi connectivity index (χ4n) is 0.728. The summed E-state index contributed by atoms with van der Waals surface area (Å²) in [6.45, 7) is 4.65. The van der Waals surface area contributed by atoms with Gasteiger partial charge in [0.05, 0.1) is 13.2 Å². The SMILES string of the molecule is CC1(C)OC[C](OC=O)CO1.